The number of piperidine rings is 1. The second-order valence-corrected chi connectivity index (χ2v) is 5.26. The molecule has 1 N–H and O–H groups in total. The van der Waals surface area contributed by atoms with Gasteiger partial charge in [0, 0.05) is 20.2 Å². The van der Waals surface area contributed by atoms with Gasteiger partial charge in [0.2, 0.25) is 0 Å². The first kappa shape index (κ1) is 14.2. The molecule has 1 aliphatic heterocycles. The summed E-state index contributed by atoms with van der Waals surface area (Å²) in [4.78, 5) is 13.5. The molecular formula is C14H18ClNO3. The van der Waals surface area contributed by atoms with E-state index in [1.807, 2.05) is 6.07 Å². The molecule has 0 saturated carbocycles. The lowest BCUT2D eigenvalue weighted by atomic mass is 9.97. The highest BCUT2D eigenvalue weighted by Crippen LogP contribution is 2.30. The van der Waals surface area contributed by atoms with Gasteiger partial charge in [0.05, 0.1) is 17.3 Å². The minimum Gasteiger partial charge on any atom is -0.478 e. The number of carbonyl (C=O) groups is 1. The van der Waals surface area contributed by atoms with Crippen LogP contribution in [0.2, 0.25) is 5.02 Å². The summed E-state index contributed by atoms with van der Waals surface area (Å²) in [5.74, 6) is -0.533. The second-order valence-electron chi connectivity index (χ2n) is 4.85. The second kappa shape index (κ2) is 6.26. The molecule has 19 heavy (non-hydrogen) atoms. The summed E-state index contributed by atoms with van der Waals surface area (Å²) in [5.41, 5.74) is 0.906. The number of hydrogen-bond donors (Lipinski definition) is 1. The Labute approximate surface area is 117 Å². The van der Waals surface area contributed by atoms with Gasteiger partial charge >= 0.3 is 5.97 Å². The summed E-state index contributed by atoms with van der Waals surface area (Å²) >= 11 is 6.01. The molecule has 2 rings (SSSR count). The van der Waals surface area contributed by atoms with Crippen LogP contribution in [0.1, 0.15) is 23.2 Å². The van der Waals surface area contributed by atoms with Crippen molar-refractivity contribution in [2.45, 2.75) is 12.8 Å². The standard InChI is InChI=1S/C14H18ClNO3/c1-19-9-10-4-3-7-16(8-10)12-6-2-5-11(15)13(12)14(17)18/h2,5-6,10H,3-4,7-9H2,1H3,(H,17,18). The van der Waals surface area contributed by atoms with Gasteiger partial charge in [-0.1, -0.05) is 17.7 Å². The Hall–Kier alpha value is -1.26. The molecule has 5 heteroatoms. The number of carboxylic acid groups (broad SMARTS) is 1. The largest absolute Gasteiger partial charge is 0.478 e. The van der Waals surface area contributed by atoms with Crippen molar-refractivity contribution in [2.75, 3.05) is 31.7 Å². The highest BCUT2D eigenvalue weighted by atomic mass is 35.5. The molecule has 1 aliphatic rings. The van der Waals surface area contributed by atoms with Crippen LogP contribution in [0.15, 0.2) is 18.2 Å². The smallest absolute Gasteiger partial charge is 0.339 e. The molecule has 1 aromatic carbocycles. The zero-order valence-electron chi connectivity index (χ0n) is 10.9. The van der Waals surface area contributed by atoms with Gasteiger partial charge < -0.3 is 14.7 Å². The van der Waals surface area contributed by atoms with Crippen LogP contribution in [0.4, 0.5) is 5.69 Å². The predicted molar refractivity (Wildman–Crippen MR) is 75.2 cm³/mol. The third-order valence-corrected chi connectivity index (χ3v) is 3.78. The summed E-state index contributed by atoms with van der Waals surface area (Å²) in [7, 11) is 1.70. The molecule has 1 fully saturated rings. The molecule has 0 radical (unpaired) electrons. The Morgan fingerprint density at radius 1 is 1.58 bits per heavy atom. The van der Waals surface area contributed by atoms with Crippen molar-refractivity contribution in [1.82, 2.24) is 0 Å². The number of anilines is 1. The SMILES string of the molecule is COCC1CCCN(c2cccc(Cl)c2C(=O)O)C1. The molecule has 104 valence electrons. The summed E-state index contributed by atoms with van der Waals surface area (Å²) in [6.07, 6.45) is 2.16. The van der Waals surface area contributed by atoms with Gasteiger partial charge in [-0.3, -0.25) is 0 Å². The lowest BCUT2D eigenvalue weighted by Gasteiger charge is -2.35. The van der Waals surface area contributed by atoms with Crippen LogP contribution in [0, 0.1) is 5.92 Å². The predicted octanol–water partition coefficient (Wildman–Crippen LogP) is 2.90. The molecule has 0 spiro atoms. The van der Waals surface area contributed by atoms with Crippen molar-refractivity contribution in [3.63, 3.8) is 0 Å². The molecule has 1 atom stereocenters. The van der Waals surface area contributed by atoms with E-state index in [4.69, 9.17) is 16.3 Å². The zero-order valence-corrected chi connectivity index (χ0v) is 11.7. The Morgan fingerprint density at radius 3 is 3.05 bits per heavy atom. The third-order valence-electron chi connectivity index (χ3n) is 3.47. The molecule has 0 amide bonds. The average molecular weight is 284 g/mol. The maximum atomic E-state index is 11.4. The van der Waals surface area contributed by atoms with Crippen LogP contribution in [0.5, 0.6) is 0 Å². The Kier molecular flexibility index (Phi) is 4.66. The van der Waals surface area contributed by atoms with Crippen molar-refractivity contribution in [3.8, 4) is 0 Å². The van der Waals surface area contributed by atoms with Gasteiger partial charge in [0.1, 0.15) is 5.56 Å². The molecule has 1 heterocycles. The molecule has 1 saturated heterocycles. The summed E-state index contributed by atoms with van der Waals surface area (Å²) in [6, 6.07) is 5.24. The fraction of sp³-hybridized carbons (Fsp3) is 0.500. The molecule has 4 nitrogen and oxygen atoms in total. The van der Waals surface area contributed by atoms with Crippen LogP contribution >= 0.6 is 11.6 Å². The number of aromatic carboxylic acids is 1. The van der Waals surface area contributed by atoms with Crippen molar-refractivity contribution < 1.29 is 14.6 Å². The van der Waals surface area contributed by atoms with E-state index < -0.39 is 5.97 Å². The lowest BCUT2D eigenvalue weighted by molar-refractivity contribution is 0.0697. The minimum atomic E-state index is -0.977. The van der Waals surface area contributed by atoms with Crippen molar-refractivity contribution in [2.24, 2.45) is 5.92 Å². The van der Waals surface area contributed by atoms with Gasteiger partial charge in [-0.25, -0.2) is 4.79 Å². The average Bonchev–Trinajstić information content (AvgIpc) is 2.38. The van der Waals surface area contributed by atoms with Crippen LogP contribution < -0.4 is 4.90 Å². The number of methoxy groups -OCH3 is 1. The first-order chi connectivity index (χ1) is 9.13. The Morgan fingerprint density at radius 2 is 2.37 bits per heavy atom. The fourth-order valence-corrected chi connectivity index (χ4v) is 2.89. The number of benzene rings is 1. The highest BCUT2D eigenvalue weighted by molar-refractivity contribution is 6.34. The van der Waals surface area contributed by atoms with E-state index in [0.29, 0.717) is 23.2 Å². The maximum absolute atomic E-state index is 11.4. The molecule has 0 aliphatic carbocycles. The first-order valence-corrected chi connectivity index (χ1v) is 6.77. The van der Waals surface area contributed by atoms with Crippen LogP contribution in [-0.2, 0) is 4.74 Å². The van der Waals surface area contributed by atoms with E-state index in [2.05, 4.69) is 4.90 Å². The van der Waals surface area contributed by atoms with E-state index >= 15 is 0 Å². The monoisotopic (exact) mass is 283 g/mol. The molecule has 0 aromatic heterocycles. The Bertz CT molecular complexity index is 462. The highest BCUT2D eigenvalue weighted by Gasteiger charge is 2.24. The van der Waals surface area contributed by atoms with Crippen LogP contribution in [0.25, 0.3) is 0 Å². The number of rotatable bonds is 4. The van der Waals surface area contributed by atoms with Crippen molar-refractivity contribution >= 4 is 23.3 Å². The van der Waals surface area contributed by atoms with Crippen LogP contribution in [0.3, 0.4) is 0 Å². The van der Waals surface area contributed by atoms with E-state index in [-0.39, 0.29) is 5.56 Å². The van der Waals surface area contributed by atoms with Gasteiger partial charge in [0.25, 0.3) is 0 Å². The molecular weight excluding hydrogens is 266 g/mol. The van der Waals surface area contributed by atoms with E-state index in [0.717, 1.165) is 25.9 Å². The molecule has 1 unspecified atom stereocenters. The van der Waals surface area contributed by atoms with E-state index in [1.54, 1.807) is 19.2 Å². The van der Waals surface area contributed by atoms with Crippen LogP contribution in [-0.4, -0.2) is 37.9 Å². The number of nitrogens with zero attached hydrogens (tertiary/aromatic N) is 1. The Balaban J connectivity index is 2.26. The minimum absolute atomic E-state index is 0.197. The van der Waals surface area contributed by atoms with E-state index in [9.17, 15) is 9.90 Å². The maximum Gasteiger partial charge on any atom is 0.339 e. The van der Waals surface area contributed by atoms with Crippen molar-refractivity contribution in [1.29, 1.82) is 0 Å². The van der Waals surface area contributed by atoms with Gasteiger partial charge in [-0.05, 0) is 30.9 Å². The zero-order chi connectivity index (χ0) is 13.8. The van der Waals surface area contributed by atoms with Gasteiger partial charge in [0.15, 0.2) is 0 Å². The molecule has 1 aromatic rings. The number of halogens is 1. The topological polar surface area (TPSA) is 49.8 Å². The normalized spacial score (nSPS) is 19.5. The van der Waals surface area contributed by atoms with Gasteiger partial charge in [-0.2, -0.15) is 0 Å². The number of carboxylic acids is 1. The summed E-state index contributed by atoms with van der Waals surface area (Å²) in [6.45, 7) is 2.38. The number of hydrogen-bond acceptors (Lipinski definition) is 3. The summed E-state index contributed by atoms with van der Waals surface area (Å²) < 4.78 is 5.20. The first-order valence-electron chi connectivity index (χ1n) is 6.39. The number of ether oxygens (including phenoxy) is 1. The quantitative estimate of drug-likeness (QED) is 0.923. The summed E-state index contributed by atoms with van der Waals surface area (Å²) in [5, 5.41) is 9.60. The van der Waals surface area contributed by atoms with E-state index in [1.165, 1.54) is 0 Å². The molecule has 0 bridgehead atoms. The van der Waals surface area contributed by atoms with Crippen molar-refractivity contribution in [3.05, 3.63) is 28.8 Å². The third kappa shape index (κ3) is 3.19. The fourth-order valence-electron chi connectivity index (χ4n) is 2.64. The lowest BCUT2D eigenvalue weighted by Crippen LogP contribution is -2.38. The van der Waals surface area contributed by atoms with Gasteiger partial charge in [-0.15, -0.1) is 0 Å².